The first-order valence-corrected chi connectivity index (χ1v) is 8.28. The Kier molecular flexibility index (Phi) is 3.38. The molecule has 0 aliphatic heterocycles. The topological polar surface area (TPSA) is 34.1 Å². The lowest BCUT2D eigenvalue weighted by atomic mass is 9.73. The summed E-state index contributed by atoms with van der Waals surface area (Å²) < 4.78 is 0.950. The summed E-state index contributed by atoms with van der Waals surface area (Å²) in [6.45, 7) is 0. The Bertz CT molecular complexity index is 891. The third kappa shape index (κ3) is 2.23. The Labute approximate surface area is 142 Å². The van der Waals surface area contributed by atoms with Crippen LogP contribution < -0.4 is 0 Å². The zero-order chi connectivity index (χ0) is 16.0. The van der Waals surface area contributed by atoms with E-state index in [9.17, 15) is 9.59 Å². The molecule has 2 aliphatic carbocycles. The molecule has 1 unspecified atom stereocenters. The molecule has 4 rings (SSSR count). The quantitative estimate of drug-likeness (QED) is 0.726. The van der Waals surface area contributed by atoms with Crippen LogP contribution in [0.3, 0.4) is 0 Å². The first-order valence-electron chi connectivity index (χ1n) is 7.49. The lowest BCUT2D eigenvalue weighted by molar-refractivity contribution is 0.0968. The van der Waals surface area contributed by atoms with Crippen LogP contribution in [-0.4, -0.2) is 11.6 Å². The van der Waals surface area contributed by atoms with E-state index in [1.54, 1.807) is 18.2 Å². The normalized spacial score (nSPS) is 20.0. The Hall–Kier alpha value is -2.26. The van der Waals surface area contributed by atoms with Gasteiger partial charge < -0.3 is 0 Å². The molecule has 23 heavy (non-hydrogen) atoms. The van der Waals surface area contributed by atoms with Crippen molar-refractivity contribution in [3.8, 4) is 0 Å². The van der Waals surface area contributed by atoms with Gasteiger partial charge in [-0.05, 0) is 10.0 Å². The minimum absolute atomic E-state index is 0.0267. The second-order valence-electron chi connectivity index (χ2n) is 5.77. The maximum Gasteiger partial charge on any atom is 0.191 e. The van der Waals surface area contributed by atoms with E-state index in [2.05, 4.69) is 15.9 Å². The number of benzene rings is 2. The SMILES string of the molecule is O=C1C2=C(C(=O)c3ccccc31)C(c1ccccc1)C=C(Br)C2. The van der Waals surface area contributed by atoms with Crippen LogP contribution in [0.25, 0.3) is 0 Å². The first kappa shape index (κ1) is 14.3. The average molecular weight is 365 g/mol. The molecule has 2 aromatic carbocycles. The molecule has 0 bridgehead atoms. The average Bonchev–Trinajstić information content (AvgIpc) is 2.59. The summed E-state index contributed by atoms with van der Waals surface area (Å²) in [7, 11) is 0. The van der Waals surface area contributed by atoms with Crippen molar-refractivity contribution in [3.05, 3.63) is 93.0 Å². The molecule has 0 fully saturated rings. The third-order valence-electron chi connectivity index (χ3n) is 4.42. The number of hydrogen-bond donors (Lipinski definition) is 0. The first-order chi connectivity index (χ1) is 11.2. The Balaban J connectivity index is 1.93. The van der Waals surface area contributed by atoms with Gasteiger partial charge in [0.15, 0.2) is 11.6 Å². The van der Waals surface area contributed by atoms with Crippen molar-refractivity contribution in [2.45, 2.75) is 12.3 Å². The maximum atomic E-state index is 13.0. The van der Waals surface area contributed by atoms with E-state index < -0.39 is 0 Å². The molecule has 3 heteroatoms. The van der Waals surface area contributed by atoms with Crippen LogP contribution in [0.15, 0.2) is 76.3 Å². The fourth-order valence-electron chi connectivity index (χ4n) is 3.37. The summed E-state index contributed by atoms with van der Waals surface area (Å²) in [6, 6.07) is 16.9. The summed E-state index contributed by atoms with van der Waals surface area (Å²) in [4.78, 5) is 25.9. The Morgan fingerprint density at radius 1 is 0.826 bits per heavy atom. The summed E-state index contributed by atoms with van der Waals surface area (Å²) in [5.41, 5.74) is 3.31. The van der Waals surface area contributed by atoms with E-state index >= 15 is 0 Å². The molecule has 0 saturated carbocycles. The van der Waals surface area contributed by atoms with Gasteiger partial charge in [0.2, 0.25) is 0 Å². The Morgan fingerprint density at radius 2 is 1.43 bits per heavy atom. The molecule has 2 nitrogen and oxygen atoms in total. The molecular weight excluding hydrogens is 352 g/mol. The standard InChI is InChI=1S/C20H13BrO2/c21-13-10-16(12-6-2-1-3-7-12)18-17(11-13)19(22)14-8-4-5-9-15(14)20(18)23/h1-10,16H,11H2. The fraction of sp³-hybridized carbons (Fsp3) is 0.100. The van der Waals surface area contributed by atoms with E-state index in [4.69, 9.17) is 0 Å². The van der Waals surface area contributed by atoms with Gasteiger partial charge in [0, 0.05) is 34.6 Å². The number of fused-ring (bicyclic) bond motifs is 1. The Morgan fingerprint density at radius 3 is 2.13 bits per heavy atom. The minimum Gasteiger partial charge on any atom is -0.289 e. The van der Waals surface area contributed by atoms with Crippen molar-refractivity contribution in [1.82, 2.24) is 0 Å². The van der Waals surface area contributed by atoms with Gasteiger partial charge >= 0.3 is 0 Å². The predicted octanol–water partition coefficient (Wildman–Crippen LogP) is 4.83. The number of carbonyl (C=O) groups excluding carboxylic acids is 2. The van der Waals surface area contributed by atoms with Gasteiger partial charge in [0.05, 0.1) is 0 Å². The highest BCUT2D eigenvalue weighted by Gasteiger charge is 2.37. The second kappa shape index (κ2) is 5.43. The molecule has 0 N–H and O–H groups in total. The predicted molar refractivity (Wildman–Crippen MR) is 92.9 cm³/mol. The zero-order valence-corrected chi connectivity index (χ0v) is 13.8. The molecule has 2 aliphatic rings. The molecule has 1 atom stereocenters. The van der Waals surface area contributed by atoms with Gasteiger partial charge in [-0.15, -0.1) is 0 Å². The number of halogens is 1. The van der Waals surface area contributed by atoms with E-state index in [0.29, 0.717) is 28.7 Å². The van der Waals surface area contributed by atoms with Crippen LogP contribution in [-0.2, 0) is 0 Å². The number of Topliss-reactive ketones (excluding diaryl/α,β-unsaturated/α-hetero) is 2. The van der Waals surface area contributed by atoms with Crippen LogP contribution in [0.1, 0.15) is 38.6 Å². The molecule has 0 amide bonds. The number of rotatable bonds is 1. The number of carbonyl (C=O) groups is 2. The molecule has 112 valence electrons. The monoisotopic (exact) mass is 364 g/mol. The van der Waals surface area contributed by atoms with Crippen molar-refractivity contribution in [3.63, 3.8) is 0 Å². The number of hydrogen-bond acceptors (Lipinski definition) is 2. The smallest absolute Gasteiger partial charge is 0.191 e. The van der Waals surface area contributed by atoms with Crippen LogP contribution in [0.4, 0.5) is 0 Å². The molecule has 0 saturated heterocycles. The largest absolute Gasteiger partial charge is 0.289 e. The summed E-state index contributed by atoms with van der Waals surface area (Å²) in [5.74, 6) is -0.236. The second-order valence-corrected chi connectivity index (χ2v) is 6.79. The summed E-state index contributed by atoms with van der Waals surface area (Å²) in [5, 5.41) is 0. The van der Waals surface area contributed by atoms with Gasteiger partial charge in [0.25, 0.3) is 0 Å². The van der Waals surface area contributed by atoms with Crippen molar-refractivity contribution in [1.29, 1.82) is 0 Å². The highest BCUT2D eigenvalue weighted by atomic mass is 79.9. The summed E-state index contributed by atoms with van der Waals surface area (Å²) in [6.07, 6.45) is 2.52. The fourth-order valence-corrected chi connectivity index (χ4v) is 3.91. The summed E-state index contributed by atoms with van der Waals surface area (Å²) >= 11 is 3.54. The van der Waals surface area contributed by atoms with Crippen LogP contribution >= 0.6 is 15.9 Å². The van der Waals surface area contributed by atoms with Gasteiger partial charge in [-0.1, -0.05) is 76.6 Å². The van der Waals surface area contributed by atoms with Crippen molar-refractivity contribution < 1.29 is 9.59 Å². The van der Waals surface area contributed by atoms with E-state index in [-0.39, 0.29) is 17.5 Å². The van der Waals surface area contributed by atoms with Gasteiger partial charge in [0.1, 0.15) is 0 Å². The molecule has 0 spiro atoms. The lowest BCUT2D eigenvalue weighted by Crippen LogP contribution is -2.27. The van der Waals surface area contributed by atoms with E-state index in [0.717, 1.165) is 10.0 Å². The van der Waals surface area contributed by atoms with Crippen molar-refractivity contribution in [2.75, 3.05) is 0 Å². The van der Waals surface area contributed by atoms with Crippen LogP contribution in [0.5, 0.6) is 0 Å². The van der Waals surface area contributed by atoms with Gasteiger partial charge in [-0.25, -0.2) is 0 Å². The minimum atomic E-state index is -0.181. The highest BCUT2D eigenvalue weighted by molar-refractivity contribution is 9.11. The molecule has 0 heterocycles. The van der Waals surface area contributed by atoms with Crippen LogP contribution in [0, 0.1) is 0 Å². The van der Waals surface area contributed by atoms with Gasteiger partial charge in [-0.3, -0.25) is 9.59 Å². The van der Waals surface area contributed by atoms with Crippen molar-refractivity contribution >= 4 is 27.5 Å². The number of allylic oxidation sites excluding steroid dienone is 4. The lowest BCUT2D eigenvalue weighted by Gasteiger charge is -2.29. The molecular formula is C20H13BrO2. The van der Waals surface area contributed by atoms with E-state index in [1.165, 1.54) is 0 Å². The van der Waals surface area contributed by atoms with E-state index in [1.807, 2.05) is 42.5 Å². The van der Waals surface area contributed by atoms with Crippen LogP contribution in [0.2, 0.25) is 0 Å². The number of ketones is 2. The molecule has 2 aromatic rings. The zero-order valence-electron chi connectivity index (χ0n) is 12.3. The molecule has 0 aromatic heterocycles. The highest BCUT2D eigenvalue weighted by Crippen LogP contribution is 2.43. The maximum absolute atomic E-state index is 13.0. The molecule has 0 radical (unpaired) electrons. The van der Waals surface area contributed by atoms with Crippen molar-refractivity contribution in [2.24, 2.45) is 0 Å². The van der Waals surface area contributed by atoms with Gasteiger partial charge in [-0.2, -0.15) is 0 Å². The third-order valence-corrected chi connectivity index (χ3v) is 4.97.